The predicted molar refractivity (Wildman–Crippen MR) is 51.3 cm³/mol. The average molecular weight is 198 g/mol. The number of nitrogens with one attached hydrogen (secondary N) is 1. The number of hydrogen-bond acceptors (Lipinski definition) is 3. The highest BCUT2D eigenvalue weighted by molar-refractivity contribution is 5.94. The van der Waals surface area contributed by atoms with Crippen molar-refractivity contribution in [2.45, 2.75) is 0 Å². The number of benzene rings is 1. The summed E-state index contributed by atoms with van der Waals surface area (Å²) >= 11 is 0. The minimum atomic E-state index is -0.438. The fourth-order valence-corrected chi connectivity index (χ4v) is 0.965. The number of amides is 1. The maximum Gasteiger partial charge on any atom is 0.250 e. The van der Waals surface area contributed by atoms with Crippen molar-refractivity contribution < 1.29 is 13.9 Å². The molecule has 1 aromatic carbocycles. The van der Waals surface area contributed by atoms with E-state index in [2.05, 4.69) is 10.1 Å². The van der Waals surface area contributed by atoms with Gasteiger partial charge in [-0.25, -0.2) is 4.39 Å². The lowest BCUT2D eigenvalue weighted by molar-refractivity contribution is -0.119. The molecule has 5 heteroatoms. The Morgan fingerprint density at radius 2 is 2.36 bits per heavy atom. The van der Waals surface area contributed by atoms with E-state index in [1.54, 1.807) is 0 Å². The van der Waals surface area contributed by atoms with E-state index in [-0.39, 0.29) is 18.2 Å². The first-order valence-corrected chi connectivity index (χ1v) is 3.97. The van der Waals surface area contributed by atoms with Crippen LogP contribution in [0.25, 0.3) is 0 Å². The lowest BCUT2D eigenvalue weighted by Gasteiger charge is -2.07. The van der Waals surface area contributed by atoms with E-state index >= 15 is 0 Å². The molecule has 0 bridgehead atoms. The van der Waals surface area contributed by atoms with Gasteiger partial charge in [0.05, 0.1) is 11.4 Å². The second kappa shape index (κ2) is 4.57. The van der Waals surface area contributed by atoms with Crippen molar-refractivity contribution in [2.75, 3.05) is 24.8 Å². The number of carbonyl (C=O) groups is 1. The van der Waals surface area contributed by atoms with Crippen LogP contribution in [0.2, 0.25) is 0 Å². The molecule has 1 aromatic rings. The summed E-state index contributed by atoms with van der Waals surface area (Å²) in [6.45, 7) is -0.0587. The fraction of sp³-hybridized carbons (Fsp3) is 0.222. The summed E-state index contributed by atoms with van der Waals surface area (Å²) in [5.41, 5.74) is 6.04. The van der Waals surface area contributed by atoms with Crippen molar-refractivity contribution in [2.24, 2.45) is 0 Å². The van der Waals surface area contributed by atoms with Gasteiger partial charge in [0.15, 0.2) is 0 Å². The molecule has 1 amide bonds. The quantitative estimate of drug-likeness (QED) is 0.712. The summed E-state index contributed by atoms with van der Waals surface area (Å²) in [5, 5.41) is 2.48. The van der Waals surface area contributed by atoms with Crippen LogP contribution in [0.5, 0.6) is 0 Å². The summed E-state index contributed by atoms with van der Waals surface area (Å²) < 4.78 is 17.2. The number of carbonyl (C=O) groups excluding carboxylic acids is 1. The van der Waals surface area contributed by atoms with Gasteiger partial charge in [0.2, 0.25) is 5.91 Å². The van der Waals surface area contributed by atoms with E-state index in [1.807, 2.05) is 0 Å². The number of methoxy groups -OCH3 is 1. The molecule has 0 aliphatic rings. The first kappa shape index (κ1) is 10.5. The highest BCUT2D eigenvalue weighted by Crippen LogP contribution is 2.18. The zero-order valence-corrected chi connectivity index (χ0v) is 7.71. The summed E-state index contributed by atoms with van der Waals surface area (Å²) in [5.74, 6) is -0.766. The molecule has 1 rings (SSSR count). The van der Waals surface area contributed by atoms with Gasteiger partial charge in [0.1, 0.15) is 12.4 Å². The van der Waals surface area contributed by atoms with Crippen LogP contribution in [-0.2, 0) is 9.53 Å². The van der Waals surface area contributed by atoms with E-state index in [1.165, 1.54) is 19.2 Å². The molecule has 3 N–H and O–H groups in total. The fourth-order valence-electron chi connectivity index (χ4n) is 0.965. The largest absolute Gasteiger partial charge is 0.397 e. The average Bonchev–Trinajstić information content (AvgIpc) is 2.10. The third kappa shape index (κ3) is 2.70. The zero-order valence-electron chi connectivity index (χ0n) is 7.71. The summed E-state index contributed by atoms with van der Waals surface area (Å²) in [6, 6.07) is 3.76. The lowest BCUT2D eigenvalue weighted by Crippen LogP contribution is -2.17. The molecule has 4 nitrogen and oxygen atoms in total. The van der Waals surface area contributed by atoms with Gasteiger partial charge in [-0.2, -0.15) is 0 Å². The first-order chi connectivity index (χ1) is 6.63. The Balaban J connectivity index is 2.72. The standard InChI is InChI=1S/C9H11FN2O2/c1-14-5-9(13)12-8-3-2-6(10)4-7(8)11/h2-4H,5,11H2,1H3,(H,12,13). The maximum atomic E-state index is 12.6. The second-order valence-corrected chi connectivity index (χ2v) is 2.71. The molecule has 76 valence electrons. The summed E-state index contributed by atoms with van der Waals surface area (Å²) in [7, 11) is 1.41. The van der Waals surface area contributed by atoms with Crippen molar-refractivity contribution >= 4 is 17.3 Å². The van der Waals surface area contributed by atoms with Gasteiger partial charge < -0.3 is 15.8 Å². The molecule has 0 radical (unpaired) electrons. The Bertz CT molecular complexity index is 342. The molecule has 0 fully saturated rings. The van der Waals surface area contributed by atoms with Gasteiger partial charge in [-0.1, -0.05) is 0 Å². The number of ether oxygens (including phenoxy) is 1. The zero-order chi connectivity index (χ0) is 10.6. The molecular formula is C9H11FN2O2. The van der Waals surface area contributed by atoms with Crippen LogP contribution >= 0.6 is 0 Å². The van der Waals surface area contributed by atoms with Crippen LogP contribution < -0.4 is 11.1 Å². The lowest BCUT2D eigenvalue weighted by atomic mass is 10.2. The van der Waals surface area contributed by atoms with E-state index in [4.69, 9.17) is 5.73 Å². The van der Waals surface area contributed by atoms with Crippen LogP contribution in [0, 0.1) is 5.82 Å². The Kier molecular flexibility index (Phi) is 3.41. The van der Waals surface area contributed by atoms with Gasteiger partial charge >= 0.3 is 0 Å². The summed E-state index contributed by atoms with van der Waals surface area (Å²) in [6.07, 6.45) is 0. The minimum Gasteiger partial charge on any atom is -0.397 e. The van der Waals surface area contributed by atoms with Gasteiger partial charge in [-0.15, -0.1) is 0 Å². The maximum absolute atomic E-state index is 12.6. The number of halogens is 1. The van der Waals surface area contributed by atoms with Crippen molar-refractivity contribution in [3.05, 3.63) is 24.0 Å². The topological polar surface area (TPSA) is 64.3 Å². The molecule has 0 aromatic heterocycles. The molecular weight excluding hydrogens is 187 g/mol. The monoisotopic (exact) mass is 198 g/mol. The molecule has 0 heterocycles. The van der Waals surface area contributed by atoms with Gasteiger partial charge in [0, 0.05) is 7.11 Å². The number of anilines is 2. The number of nitrogens with two attached hydrogens (primary N) is 1. The van der Waals surface area contributed by atoms with Gasteiger partial charge in [0.25, 0.3) is 0 Å². The Labute approximate surface area is 80.9 Å². The van der Waals surface area contributed by atoms with E-state index in [9.17, 15) is 9.18 Å². The number of rotatable bonds is 3. The molecule has 0 unspecified atom stereocenters. The van der Waals surface area contributed by atoms with Crippen molar-refractivity contribution in [1.82, 2.24) is 0 Å². The van der Waals surface area contributed by atoms with E-state index in [0.29, 0.717) is 5.69 Å². The minimum absolute atomic E-state index is 0.0587. The van der Waals surface area contributed by atoms with Crippen LogP contribution in [-0.4, -0.2) is 19.6 Å². The molecule has 0 aliphatic carbocycles. The van der Waals surface area contributed by atoms with Crippen LogP contribution in [0.15, 0.2) is 18.2 Å². The Morgan fingerprint density at radius 3 is 2.93 bits per heavy atom. The third-order valence-corrected chi connectivity index (χ3v) is 1.56. The molecule has 0 spiro atoms. The van der Waals surface area contributed by atoms with Crippen molar-refractivity contribution in [1.29, 1.82) is 0 Å². The third-order valence-electron chi connectivity index (χ3n) is 1.56. The molecule has 14 heavy (non-hydrogen) atoms. The SMILES string of the molecule is COCC(=O)Nc1ccc(F)cc1N. The number of hydrogen-bond donors (Lipinski definition) is 2. The van der Waals surface area contributed by atoms with Gasteiger partial charge in [-0.3, -0.25) is 4.79 Å². The van der Waals surface area contributed by atoms with Crippen LogP contribution in [0.3, 0.4) is 0 Å². The second-order valence-electron chi connectivity index (χ2n) is 2.71. The highest BCUT2D eigenvalue weighted by atomic mass is 19.1. The summed E-state index contributed by atoms with van der Waals surface area (Å²) in [4.78, 5) is 11.1. The molecule has 0 atom stereocenters. The van der Waals surface area contributed by atoms with Gasteiger partial charge in [-0.05, 0) is 18.2 Å². The van der Waals surface area contributed by atoms with E-state index < -0.39 is 5.82 Å². The predicted octanol–water partition coefficient (Wildman–Crippen LogP) is 0.993. The molecule has 0 aliphatic heterocycles. The van der Waals surface area contributed by atoms with E-state index in [0.717, 1.165) is 6.07 Å². The van der Waals surface area contributed by atoms with Crippen molar-refractivity contribution in [3.63, 3.8) is 0 Å². The highest BCUT2D eigenvalue weighted by Gasteiger charge is 2.04. The normalized spacial score (nSPS) is 9.86. The smallest absolute Gasteiger partial charge is 0.250 e. The molecule has 0 saturated carbocycles. The Hall–Kier alpha value is -1.62. The molecule has 0 saturated heterocycles. The van der Waals surface area contributed by atoms with Crippen LogP contribution in [0.4, 0.5) is 15.8 Å². The number of nitrogen functional groups attached to an aromatic ring is 1. The van der Waals surface area contributed by atoms with Crippen LogP contribution in [0.1, 0.15) is 0 Å². The van der Waals surface area contributed by atoms with Crippen molar-refractivity contribution in [3.8, 4) is 0 Å². The Morgan fingerprint density at radius 1 is 1.64 bits per heavy atom. The first-order valence-electron chi connectivity index (χ1n) is 3.97.